The zero-order valence-corrected chi connectivity index (χ0v) is 17.6. The van der Waals surface area contributed by atoms with E-state index in [-0.39, 0.29) is 17.6 Å². The molecule has 1 aromatic heterocycles. The molecule has 0 unspecified atom stereocenters. The van der Waals surface area contributed by atoms with Gasteiger partial charge in [0.05, 0.1) is 16.5 Å². The van der Waals surface area contributed by atoms with Crippen molar-refractivity contribution < 1.29 is 55.3 Å². The number of pyridine rings is 1. The van der Waals surface area contributed by atoms with Gasteiger partial charge in [0.25, 0.3) is 0 Å². The number of benzene rings is 2. The van der Waals surface area contributed by atoms with Gasteiger partial charge < -0.3 is 14.8 Å². The van der Waals surface area contributed by atoms with Gasteiger partial charge in [-0.1, -0.05) is 0 Å². The standard InChI is InChI=1S/C13H8F3NO3.C9H4F4O3/c14-8-3-6-11(10(16)9(8)15)17(5-1-2-5)4-7(12(6)18)13(19)20;10-4-1-3(5(14)2-6(15)16)7(11)9(13)8(4)12/h3-5H,1-2H2,(H,19,20);1H,2H2,(H,15,16). The predicted octanol–water partition coefficient (Wildman–Crippen LogP) is 4.35. The van der Waals surface area contributed by atoms with E-state index in [9.17, 15) is 49.9 Å². The lowest BCUT2D eigenvalue weighted by atomic mass is 10.1. The molecule has 1 heterocycles. The van der Waals surface area contributed by atoms with Crippen LogP contribution in [0.3, 0.4) is 0 Å². The molecule has 36 heavy (non-hydrogen) atoms. The number of carboxylic acids is 2. The Balaban J connectivity index is 0.000000207. The molecule has 2 N–H and O–H groups in total. The molecule has 190 valence electrons. The molecule has 0 bridgehead atoms. The third-order valence-electron chi connectivity index (χ3n) is 5.04. The van der Waals surface area contributed by atoms with E-state index in [1.807, 2.05) is 0 Å². The molecule has 1 saturated carbocycles. The van der Waals surface area contributed by atoms with Crippen molar-refractivity contribution in [2.75, 3.05) is 0 Å². The number of fused-ring (bicyclic) bond motifs is 1. The molecule has 0 amide bonds. The van der Waals surface area contributed by atoms with Crippen LogP contribution < -0.4 is 5.43 Å². The topological polar surface area (TPSA) is 114 Å². The fraction of sp³-hybridized carbons (Fsp3) is 0.182. The average Bonchev–Trinajstić information content (AvgIpc) is 3.64. The number of hydrogen-bond acceptors (Lipinski definition) is 4. The number of aliphatic carboxylic acids is 1. The Morgan fingerprint density at radius 2 is 1.36 bits per heavy atom. The monoisotopic (exact) mass is 519 g/mol. The van der Waals surface area contributed by atoms with Crippen molar-refractivity contribution in [1.82, 2.24) is 4.57 Å². The Bertz CT molecular complexity index is 1500. The minimum Gasteiger partial charge on any atom is -0.481 e. The van der Waals surface area contributed by atoms with Crippen LogP contribution in [0.5, 0.6) is 0 Å². The lowest BCUT2D eigenvalue weighted by Gasteiger charge is -2.12. The second-order valence-electron chi connectivity index (χ2n) is 7.54. The van der Waals surface area contributed by atoms with Gasteiger partial charge in [-0.25, -0.2) is 35.5 Å². The van der Waals surface area contributed by atoms with Gasteiger partial charge in [-0.15, -0.1) is 0 Å². The zero-order chi connectivity index (χ0) is 27.1. The number of carboxylic acid groups (broad SMARTS) is 2. The van der Waals surface area contributed by atoms with E-state index in [4.69, 9.17) is 10.2 Å². The maximum atomic E-state index is 13.9. The number of halogens is 7. The van der Waals surface area contributed by atoms with Crippen LogP contribution in [0.1, 0.15) is 46.0 Å². The highest BCUT2D eigenvalue weighted by Crippen LogP contribution is 2.38. The molecule has 14 heteroatoms. The van der Waals surface area contributed by atoms with E-state index < -0.39 is 86.8 Å². The van der Waals surface area contributed by atoms with E-state index in [0.717, 1.165) is 6.20 Å². The molecule has 4 rings (SSSR count). The van der Waals surface area contributed by atoms with Crippen molar-refractivity contribution in [2.24, 2.45) is 0 Å². The summed E-state index contributed by atoms with van der Waals surface area (Å²) < 4.78 is 92.4. The highest BCUT2D eigenvalue weighted by Gasteiger charge is 2.30. The first-order chi connectivity index (χ1) is 16.8. The van der Waals surface area contributed by atoms with Crippen molar-refractivity contribution in [3.8, 4) is 0 Å². The number of carbonyl (C=O) groups excluding carboxylic acids is 1. The van der Waals surface area contributed by atoms with Gasteiger partial charge in [0.1, 0.15) is 12.0 Å². The van der Waals surface area contributed by atoms with Crippen LogP contribution in [0.4, 0.5) is 30.7 Å². The molecule has 2 aromatic carbocycles. The molecule has 0 radical (unpaired) electrons. The number of rotatable bonds is 5. The van der Waals surface area contributed by atoms with Crippen molar-refractivity contribution in [3.63, 3.8) is 0 Å². The molecule has 1 aliphatic rings. The van der Waals surface area contributed by atoms with Crippen molar-refractivity contribution >= 4 is 28.6 Å². The maximum absolute atomic E-state index is 13.9. The van der Waals surface area contributed by atoms with Crippen LogP contribution in [0, 0.1) is 40.7 Å². The number of hydrogen-bond donors (Lipinski definition) is 2. The Labute approximate surface area is 195 Å². The van der Waals surface area contributed by atoms with E-state index in [0.29, 0.717) is 18.9 Å². The molecule has 3 aromatic rings. The first-order valence-electron chi connectivity index (χ1n) is 9.79. The maximum Gasteiger partial charge on any atom is 0.341 e. The van der Waals surface area contributed by atoms with E-state index in [1.165, 1.54) is 4.57 Å². The highest BCUT2D eigenvalue weighted by atomic mass is 19.2. The number of aromatic carboxylic acids is 1. The Kier molecular flexibility index (Phi) is 7.17. The minimum atomic E-state index is -2.14. The smallest absolute Gasteiger partial charge is 0.341 e. The summed E-state index contributed by atoms with van der Waals surface area (Å²) in [5, 5.41) is 16.7. The van der Waals surface area contributed by atoms with Crippen molar-refractivity contribution in [2.45, 2.75) is 25.3 Å². The van der Waals surface area contributed by atoms with Gasteiger partial charge in [0.2, 0.25) is 5.43 Å². The molecule has 0 spiro atoms. The Morgan fingerprint density at radius 1 is 0.806 bits per heavy atom. The van der Waals surface area contributed by atoms with Crippen LogP contribution in [0.15, 0.2) is 23.1 Å². The normalized spacial score (nSPS) is 12.8. The molecule has 7 nitrogen and oxygen atoms in total. The Morgan fingerprint density at radius 3 is 1.89 bits per heavy atom. The number of nitrogens with zero attached hydrogens (tertiary/aromatic N) is 1. The molecular weight excluding hydrogens is 507 g/mol. The third-order valence-corrected chi connectivity index (χ3v) is 5.04. The summed E-state index contributed by atoms with van der Waals surface area (Å²) in [5.41, 5.74) is -3.13. The largest absolute Gasteiger partial charge is 0.481 e. The van der Waals surface area contributed by atoms with Crippen molar-refractivity contribution in [3.05, 3.63) is 80.4 Å². The summed E-state index contributed by atoms with van der Waals surface area (Å²) in [5.74, 6) is -16.9. The van der Waals surface area contributed by atoms with Crippen LogP contribution in [-0.2, 0) is 4.79 Å². The van der Waals surface area contributed by atoms with Gasteiger partial charge in [0.15, 0.2) is 46.5 Å². The van der Waals surface area contributed by atoms with Crippen molar-refractivity contribution in [1.29, 1.82) is 0 Å². The van der Waals surface area contributed by atoms with Crippen LogP contribution >= 0.6 is 0 Å². The van der Waals surface area contributed by atoms with Gasteiger partial charge in [-0.05, 0) is 25.0 Å². The molecule has 0 atom stereocenters. The van der Waals surface area contributed by atoms with E-state index in [1.54, 1.807) is 0 Å². The summed E-state index contributed by atoms with van der Waals surface area (Å²) in [7, 11) is 0. The second kappa shape index (κ2) is 9.79. The predicted molar refractivity (Wildman–Crippen MR) is 106 cm³/mol. The Hall–Kier alpha value is -4.23. The third kappa shape index (κ3) is 4.92. The number of ketones is 1. The number of carbonyl (C=O) groups is 3. The molecular formula is C22H12F7NO6. The van der Waals surface area contributed by atoms with E-state index in [2.05, 4.69) is 0 Å². The zero-order valence-electron chi connectivity index (χ0n) is 17.6. The summed E-state index contributed by atoms with van der Waals surface area (Å²) in [6.45, 7) is 0. The fourth-order valence-electron chi connectivity index (χ4n) is 3.22. The van der Waals surface area contributed by atoms with Gasteiger partial charge in [-0.2, -0.15) is 0 Å². The van der Waals surface area contributed by atoms with E-state index >= 15 is 0 Å². The summed E-state index contributed by atoms with van der Waals surface area (Å²) in [6, 6.07) is 0.469. The number of aromatic nitrogens is 1. The molecule has 0 saturated heterocycles. The minimum absolute atomic E-state index is 0.124. The molecule has 1 aliphatic carbocycles. The second-order valence-corrected chi connectivity index (χ2v) is 7.54. The van der Waals surface area contributed by atoms with Crippen LogP contribution in [-0.4, -0.2) is 32.5 Å². The molecule has 1 fully saturated rings. The highest BCUT2D eigenvalue weighted by molar-refractivity contribution is 6.05. The average molecular weight is 519 g/mol. The quantitative estimate of drug-likeness (QED) is 0.170. The number of Topliss-reactive ketones (excluding diaryl/α,β-unsaturated/α-hetero) is 1. The van der Waals surface area contributed by atoms with Gasteiger partial charge in [-0.3, -0.25) is 14.4 Å². The summed E-state index contributed by atoms with van der Waals surface area (Å²) >= 11 is 0. The summed E-state index contributed by atoms with van der Waals surface area (Å²) in [4.78, 5) is 44.1. The summed E-state index contributed by atoms with van der Waals surface area (Å²) in [6.07, 6.45) is 1.18. The van der Waals surface area contributed by atoms with Gasteiger partial charge in [0, 0.05) is 12.2 Å². The van der Waals surface area contributed by atoms with Crippen LogP contribution in [0.25, 0.3) is 10.9 Å². The molecule has 0 aliphatic heterocycles. The first kappa shape index (κ1) is 26.4. The SMILES string of the molecule is O=C(O)CC(=O)c1cc(F)c(F)c(F)c1F.O=C(O)c1cn(C2CC2)c2c(F)c(F)c(F)cc2c1=O. The fourth-order valence-corrected chi connectivity index (χ4v) is 3.22. The lowest BCUT2D eigenvalue weighted by molar-refractivity contribution is -0.135. The lowest BCUT2D eigenvalue weighted by Crippen LogP contribution is -2.20. The van der Waals surface area contributed by atoms with Gasteiger partial charge >= 0.3 is 11.9 Å². The van der Waals surface area contributed by atoms with Crippen LogP contribution in [0.2, 0.25) is 0 Å². The first-order valence-corrected chi connectivity index (χ1v) is 9.79.